The third-order valence-electron chi connectivity index (χ3n) is 5.61. The summed E-state index contributed by atoms with van der Waals surface area (Å²) in [6.07, 6.45) is 1.23. The van der Waals surface area contributed by atoms with E-state index < -0.39 is 0 Å². The number of rotatable bonds is 3. The number of aromatic hydroxyl groups is 1. The molecule has 1 aromatic carbocycles. The van der Waals surface area contributed by atoms with Gasteiger partial charge in [-0.05, 0) is 49.4 Å². The lowest BCUT2D eigenvalue weighted by Gasteiger charge is -2.42. The van der Waals surface area contributed by atoms with E-state index in [2.05, 4.69) is 35.5 Å². The van der Waals surface area contributed by atoms with E-state index in [1.54, 1.807) is 12.1 Å². The summed E-state index contributed by atoms with van der Waals surface area (Å²) in [5.74, 6) is 1.79. The largest absolute Gasteiger partial charge is 0.508 e. The zero-order valence-corrected chi connectivity index (χ0v) is 15.7. The van der Waals surface area contributed by atoms with Crippen LogP contribution >= 0.6 is 0 Å². The van der Waals surface area contributed by atoms with Crippen molar-refractivity contribution in [3.63, 3.8) is 0 Å². The number of carbonyl (C=O) groups is 1. The van der Waals surface area contributed by atoms with Crippen molar-refractivity contribution in [3.05, 3.63) is 24.3 Å². The minimum Gasteiger partial charge on any atom is -0.508 e. The second kappa shape index (κ2) is 7.65. The van der Waals surface area contributed by atoms with Gasteiger partial charge in [0.1, 0.15) is 5.75 Å². The highest BCUT2D eigenvalue weighted by atomic mass is 16.3. The van der Waals surface area contributed by atoms with E-state index in [1.165, 1.54) is 6.42 Å². The van der Waals surface area contributed by atoms with Crippen molar-refractivity contribution in [1.82, 2.24) is 9.80 Å². The second-order valence-electron chi connectivity index (χ2n) is 7.90. The van der Waals surface area contributed by atoms with Crippen molar-refractivity contribution in [3.8, 4) is 5.75 Å². The summed E-state index contributed by atoms with van der Waals surface area (Å²) >= 11 is 0. The lowest BCUT2D eigenvalue weighted by atomic mass is 9.91. The van der Waals surface area contributed by atoms with Gasteiger partial charge in [-0.2, -0.15) is 0 Å². The zero-order chi connectivity index (χ0) is 18.0. The average molecular weight is 345 g/mol. The van der Waals surface area contributed by atoms with Gasteiger partial charge in [0.2, 0.25) is 5.91 Å². The van der Waals surface area contributed by atoms with Crippen LogP contribution in [0.5, 0.6) is 5.75 Å². The number of piperidine rings is 1. The van der Waals surface area contributed by atoms with Gasteiger partial charge < -0.3 is 14.9 Å². The molecule has 5 nitrogen and oxygen atoms in total. The molecule has 2 fully saturated rings. The molecule has 1 amide bonds. The molecule has 0 bridgehead atoms. The zero-order valence-electron chi connectivity index (χ0n) is 15.7. The van der Waals surface area contributed by atoms with Gasteiger partial charge >= 0.3 is 0 Å². The summed E-state index contributed by atoms with van der Waals surface area (Å²) in [7, 11) is 0. The third kappa shape index (κ3) is 4.27. The number of phenolic OH excluding ortho intramolecular Hbond substituents is 1. The average Bonchev–Trinajstić information content (AvgIpc) is 2.60. The minimum absolute atomic E-state index is 0.0422. The van der Waals surface area contributed by atoms with E-state index in [4.69, 9.17) is 0 Å². The number of piperazine rings is 1. The van der Waals surface area contributed by atoms with E-state index in [-0.39, 0.29) is 11.9 Å². The van der Waals surface area contributed by atoms with Crippen LogP contribution in [0.2, 0.25) is 0 Å². The molecule has 5 heteroatoms. The number of hydrogen-bond acceptors (Lipinski definition) is 4. The molecule has 1 N–H and O–H groups in total. The first-order valence-electron chi connectivity index (χ1n) is 9.51. The van der Waals surface area contributed by atoms with Crippen molar-refractivity contribution in [2.45, 2.75) is 33.2 Å². The molecule has 25 heavy (non-hydrogen) atoms. The maximum absolute atomic E-state index is 12.9. The predicted molar refractivity (Wildman–Crippen MR) is 101 cm³/mol. The molecule has 138 valence electrons. The van der Waals surface area contributed by atoms with Crippen LogP contribution < -0.4 is 4.90 Å². The topological polar surface area (TPSA) is 47.0 Å². The van der Waals surface area contributed by atoms with E-state index in [1.807, 2.05) is 12.1 Å². The molecule has 2 saturated heterocycles. The Morgan fingerprint density at radius 2 is 1.60 bits per heavy atom. The highest BCUT2D eigenvalue weighted by molar-refractivity contribution is 5.81. The quantitative estimate of drug-likeness (QED) is 0.914. The fraction of sp³-hybridized carbons (Fsp3) is 0.650. The number of anilines is 1. The summed E-state index contributed by atoms with van der Waals surface area (Å²) in [4.78, 5) is 19.6. The monoisotopic (exact) mass is 345 g/mol. The lowest BCUT2D eigenvalue weighted by Crippen LogP contribution is -2.56. The highest BCUT2D eigenvalue weighted by Crippen LogP contribution is 2.23. The number of benzene rings is 1. The molecule has 2 aliphatic heterocycles. The van der Waals surface area contributed by atoms with Crippen LogP contribution in [0.15, 0.2) is 24.3 Å². The summed E-state index contributed by atoms with van der Waals surface area (Å²) in [5.41, 5.74) is 1.13. The molecule has 0 saturated carbocycles. The highest BCUT2D eigenvalue weighted by Gasteiger charge is 2.32. The Kier molecular flexibility index (Phi) is 5.52. The molecule has 3 rings (SSSR count). The van der Waals surface area contributed by atoms with Gasteiger partial charge in [0.05, 0.1) is 6.04 Å². The molecule has 0 radical (unpaired) electrons. The number of hydrogen-bond donors (Lipinski definition) is 1. The van der Waals surface area contributed by atoms with Gasteiger partial charge in [-0.1, -0.05) is 13.8 Å². The van der Waals surface area contributed by atoms with Gasteiger partial charge in [0.15, 0.2) is 0 Å². The molecular weight excluding hydrogens is 314 g/mol. The Morgan fingerprint density at radius 3 is 2.16 bits per heavy atom. The van der Waals surface area contributed by atoms with E-state index >= 15 is 0 Å². The number of nitrogens with zero attached hydrogens (tertiary/aromatic N) is 3. The Labute approximate surface area is 151 Å². The molecule has 2 aliphatic rings. The van der Waals surface area contributed by atoms with Crippen LogP contribution in [0, 0.1) is 11.8 Å². The van der Waals surface area contributed by atoms with Crippen LogP contribution in [0.1, 0.15) is 27.2 Å². The van der Waals surface area contributed by atoms with Gasteiger partial charge in [0, 0.05) is 45.0 Å². The Hall–Kier alpha value is -1.75. The number of amides is 1. The SMILES string of the molecule is C[C@@H]1C[C@@H](C)CN(C(=O)[C@@H](C)N2CCN(c3ccc(O)cc3)CC2)C1. The van der Waals surface area contributed by atoms with Crippen LogP contribution in [-0.2, 0) is 4.79 Å². The molecular formula is C20H31N3O2. The molecule has 0 unspecified atom stereocenters. The van der Waals surface area contributed by atoms with Gasteiger partial charge in [0.25, 0.3) is 0 Å². The second-order valence-corrected chi connectivity index (χ2v) is 7.90. The molecule has 3 atom stereocenters. The lowest BCUT2D eigenvalue weighted by molar-refractivity contribution is -0.139. The van der Waals surface area contributed by atoms with Gasteiger partial charge in [-0.25, -0.2) is 0 Å². The first-order chi connectivity index (χ1) is 11.9. The normalized spacial score (nSPS) is 26.5. The molecule has 0 aromatic heterocycles. The third-order valence-corrected chi connectivity index (χ3v) is 5.61. The maximum atomic E-state index is 12.9. The number of likely N-dealkylation sites (tertiary alicyclic amines) is 1. The number of carbonyl (C=O) groups excluding carboxylic acids is 1. The van der Waals surface area contributed by atoms with Crippen LogP contribution in [0.4, 0.5) is 5.69 Å². The fourth-order valence-electron chi connectivity index (χ4n) is 4.29. The Balaban J connectivity index is 1.55. The summed E-state index contributed by atoms with van der Waals surface area (Å²) < 4.78 is 0. The van der Waals surface area contributed by atoms with E-state index in [9.17, 15) is 9.90 Å². The molecule has 1 aromatic rings. The van der Waals surface area contributed by atoms with Crippen molar-refractivity contribution in [2.24, 2.45) is 11.8 Å². The van der Waals surface area contributed by atoms with Crippen LogP contribution in [-0.4, -0.2) is 66.1 Å². The molecule has 0 spiro atoms. The van der Waals surface area contributed by atoms with Crippen LogP contribution in [0.3, 0.4) is 0 Å². The summed E-state index contributed by atoms with van der Waals surface area (Å²) in [6, 6.07) is 7.32. The maximum Gasteiger partial charge on any atom is 0.239 e. The van der Waals surface area contributed by atoms with Crippen molar-refractivity contribution >= 4 is 11.6 Å². The van der Waals surface area contributed by atoms with Gasteiger partial charge in [-0.3, -0.25) is 9.69 Å². The number of phenols is 1. The smallest absolute Gasteiger partial charge is 0.239 e. The summed E-state index contributed by atoms with van der Waals surface area (Å²) in [6.45, 7) is 12.0. The predicted octanol–water partition coefficient (Wildman–Crippen LogP) is 2.41. The first-order valence-corrected chi connectivity index (χ1v) is 9.51. The molecule has 0 aliphatic carbocycles. The van der Waals surface area contributed by atoms with Crippen LogP contribution in [0.25, 0.3) is 0 Å². The first kappa shape index (κ1) is 18.1. The van der Waals surface area contributed by atoms with E-state index in [0.29, 0.717) is 17.6 Å². The van der Waals surface area contributed by atoms with Crippen molar-refractivity contribution < 1.29 is 9.90 Å². The fourth-order valence-corrected chi connectivity index (χ4v) is 4.29. The minimum atomic E-state index is -0.0422. The molecule has 2 heterocycles. The summed E-state index contributed by atoms with van der Waals surface area (Å²) in [5, 5.41) is 9.42. The standard InChI is InChI=1S/C20H31N3O2/c1-15-12-16(2)14-23(13-15)20(25)17(3)21-8-10-22(11-9-21)18-4-6-19(24)7-5-18/h4-7,15-17,24H,8-14H2,1-3H3/t15-,16-,17-/m1/s1. The van der Waals surface area contributed by atoms with Crippen molar-refractivity contribution in [2.75, 3.05) is 44.2 Å². The van der Waals surface area contributed by atoms with Crippen molar-refractivity contribution in [1.29, 1.82) is 0 Å². The Morgan fingerprint density at radius 1 is 1.04 bits per heavy atom. The Bertz CT molecular complexity index is 571. The van der Waals surface area contributed by atoms with E-state index in [0.717, 1.165) is 45.0 Å². The van der Waals surface area contributed by atoms with Gasteiger partial charge in [-0.15, -0.1) is 0 Å².